The van der Waals surface area contributed by atoms with Crippen molar-refractivity contribution in [1.29, 1.82) is 0 Å². The Balaban J connectivity index is 1.73. The Morgan fingerprint density at radius 2 is 2.15 bits per heavy atom. The molecular weight excluding hydrogens is 386 g/mol. The number of esters is 1. The summed E-state index contributed by atoms with van der Waals surface area (Å²) in [4.78, 5) is 25.8. The maximum absolute atomic E-state index is 12.4. The quantitative estimate of drug-likeness (QED) is 0.733. The summed E-state index contributed by atoms with van der Waals surface area (Å²) in [7, 11) is 1.36. The number of nitrogens with one attached hydrogen (secondary N) is 1. The number of ether oxygens (including phenoxy) is 2. The van der Waals surface area contributed by atoms with Gasteiger partial charge in [0.25, 0.3) is 5.91 Å². The third kappa shape index (κ3) is 4.45. The van der Waals surface area contributed by atoms with Crippen LogP contribution in [0, 0.1) is 12.8 Å². The van der Waals surface area contributed by atoms with Gasteiger partial charge in [0, 0.05) is 9.90 Å². The minimum absolute atomic E-state index is 0.152. The van der Waals surface area contributed by atoms with Crippen molar-refractivity contribution in [3.63, 3.8) is 0 Å². The van der Waals surface area contributed by atoms with Crippen LogP contribution in [0.4, 0.5) is 5.00 Å². The molecule has 1 aliphatic carbocycles. The minimum Gasteiger partial charge on any atom is -0.484 e. The summed E-state index contributed by atoms with van der Waals surface area (Å²) in [5.41, 5.74) is 2.37. The van der Waals surface area contributed by atoms with E-state index in [-0.39, 0.29) is 12.5 Å². The maximum Gasteiger partial charge on any atom is 0.341 e. The summed E-state index contributed by atoms with van der Waals surface area (Å²) in [6, 6.07) is 5.22. The molecule has 2 aromatic rings. The second-order valence-electron chi connectivity index (χ2n) is 6.80. The molecule has 0 bridgehead atoms. The van der Waals surface area contributed by atoms with Crippen molar-refractivity contribution in [2.75, 3.05) is 19.0 Å². The normalized spacial score (nSPS) is 15.8. The predicted molar refractivity (Wildman–Crippen MR) is 107 cm³/mol. The Bertz CT molecular complexity index is 877. The second kappa shape index (κ2) is 8.31. The number of carbonyl (C=O) groups excluding carboxylic acids is 2. The van der Waals surface area contributed by atoms with Crippen molar-refractivity contribution in [3.05, 3.63) is 44.8 Å². The van der Waals surface area contributed by atoms with Gasteiger partial charge in [-0.1, -0.05) is 18.5 Å². The van der Waals surface area contributed by atoms with Crippen molar-refractivity contribution >= 4 is 39.8 Å². The molecule has 1 atom stereocenters. The minimum atomic E-state index is -0.411. The van der Waals surface area contributed by atoms with E-state index < -0.39 is 5.97 Å². The summed E-state index contributed by atoms with van der Waals surface area (Å²) in [5.74, 6) is 0.409. The fourth-order valence-electron chi connectivity index (χ4n) is 3.18. The number of halogens is 1. The Labute approximate surface area is 167 Å². The van der Waals surface area contributed by atoms with Gasteiger partial charge < -0.3 is 14.8 Å². The molecular formula is C20H22ClNO4S. The molecule has 1 aliphatic rings. The molecule has 0 saturated heterocycles. The number of rotatable bonds is 5. The zero-order valence-electron chi connectivity index (χ0n) is 15.6. The molecule has 5 nitrogen and oxygen atoms in total. The van der Waals surface area contributed by atoms with Gasteiger partial charge in [0.1, 0.15) is 10.8 Å². The van der Waals surface area contributed by atoms with Crippen LogP contribution in [0.2, 0.25) is 5.02 Å². The first kappa shape index (κ1) is 19.7. The van der Waals surface area contributed by atoms with Crippen LogP contribution in [0.1, 0.15) is 39.7 Å². The largest absolute Gasteiger partial charge is 0.484 e. The molecule has 144 valence electrons. The van der Waals surface area contributed by atoms with Crippen LogP contribution in [-0.2, 0) is 22.4 Å². The van der Waals surface area contributed by atoms with E-state index in [1.807, 2.05) is 6.92 Å². The van der Waals surface area contributed by atoms with Crippen LogP contribution < -0.4 is 10.1 Å². The average molecular weight is 408 g/mol. The van der Waals surface area contributed by atoms with Gasteiger partial charge in [-0.25, -0.2) is 4.79 Å². The molecule has 0 saturated carbocycles. The number of aryl methyl sites for hydroxylation is 1. The summed E-state index contributed by atoms with van der Waals surface area (Å²) < 4.78 is 10.5. The lowest BCUT2D eigenvalue weighted by atomic mass is 9.88. The average Bonchev–Trinajstić information content (AvgIpc) is 2.98. The third-order valence-electron chi connectivity index (χ3n) is 4.65. The highest BCUT2D eigenvalue weighted by molar-refractivity contribution is 7.17. The number of amides is 1. The third-order valence-corrected chi connectivity index (χ3v) is 6.25. The Hall–Kier alpha value is -2.05. The monoisotopic (exact) mass is 407 g/mol. The highest BCUT2D eigenvalue weighted by atomic mass is 35.5. The number of benzene rings is 1. The number of fused-ring (bicyclic) bond motifs is 1. The Morgan fingerprint density at radius 3 is 2.85 bits per heavy atom. The number of carbonyl (C=O) groups is 2. The smallest absolute Gasteiger partial charge is 0.341 e. The number of hydrogen-bond acceptors (Lipinski definition) is 5. The lowest BCUT2D eigenvalue weighted by Gasteiger charge is -2.18. The molecule has 7 heteroatoms. The van der Waals surface area contributed by atoms with Gasteiger partial charge in [-0.3, -0.25) is 4.79 Å². The molecule has 0 radical (unpaired) electrons. The first-order chi connectivity index (χ1) is 12.9. The van der Waals surface area contributed by atoms with Crippen molar-refractivity contribution in [1.82, 2.24) is 0 Å². The van der Waals surface area contributed by atoms with Crippen molar-refractivity contribution < 1.29 is 19.1 Å². The summed E-state index contributed by atoms with van der Waals surface area (Å²) in [6.45, 7) is 3.91. The molecule has 1 unspecified atom stereocenters. The van der Waals surface area contributed by atoms with Crippen molar-refractivity contribution in [3.8, 4) is 5.75 Å². The van der Waals surface area contributed by atoms with E-state index in [0.717, 1.165) is 35.3 Å². The first-order valence-corrected chi connectivity index (χ1v) is 10.00. The van der Waals surface area contributed by atoms with E-state index in [2.05, 4.69) is 12.2 Å². The summed E-state index contributed by atoms with van der Waals surface area (Å²) >= 11 is 7.45. The number of thiophene rings is 1. The zero-order valence-corrected chi connectivity index (χ0v) is 17.1. The fraction of sp³-hybridized carbons (Fsp3) is 0.400. The molecule has 1 aromatic heterocycles. The van der Waals surface area contributed by atoms with Crippen molar-refractivity contribution in [2.45, 2.75) is 33.1 Å². The molecule has 1 aromatic carbocycles. The lowest BCUT2D eigenvalue weighted by molar-refractivity contribution is -0.118. The van der Waals surface area contributed by atoms with Crippen LogP contribution in [0.5, 0.6) is 5.75 Å². The number of anilines is 1. The number of hydrogen-bond donors (Lipinski definition) is 1. The van der Waals surface area contributed by atoms with E-state index in [1.165, 1.54) is 18.4 Å². The van der Waals surface area contributed by atoms with Crippen LogP contribution in [0.15, 0.2) is 18.2 Å². The zero-order chi connectivity index (χ0) is 19.6. The van der Waals surface area contributed by atoms with E-state index in [0.29, 0.717) is 27.3 Å². The standard InChI is InChI=1S/C20H22ClNO4S/c1-11-4-6-14-16(8-11)27-19(18(14)20(24)25-3)22-17(23)10-26-13-5-7-15(21)12(2)9-13/h5,7,9,11H,4,6,8,10H2,1-3H3,(H,22,23). The molecule has 0 aliphatic heterocycles. The van der Waals surface area contributed by atoms with Crippen molar-refractivity contribution in [2.24, 2.45) is 5.92 Å². The van der Waals surface area contributed by atoms with Gasteiger partial charge in [0.05, 0.1) is 12.7 Å². The molecule has 1 heterocycles. The fourth-order valence-corrected chi connectivity index (χ4v) is 4.71. The SMILES string of the molecule is COC(=O)c1c(NC(=O)COc2ccc(Cl)c(C)c2)sc2c1CCC(C)C2. The van der Waals surface area contributed by atoms with Gasteiger partial charge in [0.2, 0.25) is 0 Å². The van der Waals surface area contributed by atoms with Crippen LogP contribution in [-0.4, -0.2) is 25.6 Å². The van der Waals surface area contributed by atoms with Gasteiger partial charge in [-0.2, -0.15) is 0 Å². The summed E-state index contributed by atoms with van der Waals surface area (Å²) in [6.07, 6.45) is 2.77. The van der Waals surface area contributed by atoms with Crippen LogP contribution in [0.25, 0.3) is 0 Å². The topological polar surface area (TPSA) is 64.6 Å². The van der Waals surface area contributed by atoms with Gasteiger partial charge >= 0.3 is 5.97 Å². The molecule has 1 amide bonds. The molecule has 27 heavy (non-hydrogen) atoms. The maximum atomic E-state index is 12.4. The second-order valence-corrected chi connectivity index (χ2v) is 8.31. The van der Waals surface area contributed by atoms with Gasteiger partial charge in [-0.05, 0) is 61.4 Å². The van der Waals surface area contributed by atoms with E-state index in [1.54, 1.807) is 18.2 Å². The highest BCUT2D eigenvalue weighted by Crippen LogP contribution is 2.40. The van der Waals surface area contributed by atoms with Gasteiger partial charge in [-0.15, -0.1) is 11.3 Å². The Morgan fingerprint density at radius 1 is 1.37 bits per heavy atom. The number of methoxy groups -OCH3 is 1. The van der Waals surface area contributed by atoms with Crippen LogP contribution >= 0.6 is 22.9 Å². The van der Waals surface area contributed by atoms with E-state index in [9.17, 15) is 9.59 Å². The van der Waals surface area contributed by atoms with Gasteiger partial charge in [0.15, 0.2) is 6.61 Å². The molecule has 0 fully saturated rings. The molecule has 0 spiro atoms. The molecule has 3 rings (SSSR count). The van der Waals surface area contributed by atoms with Crippen LogP contribution in [0.3, 0.4) is 0 Å². The predicted octanol–water partition coefficient (Wildman–Crippen LogP) is 4.64. The molecule has 1 N–H and O–H groups in total. The highest BCUT2D eigenvalue weighted by Gasteiger charge is 2.28. The van der Waals surface area contributed by atoms with E-state index in [4.69, 9.17) is 21.1 Å². The first-order valence-electron chi connectivity index (χ1n) is 8.80. The summed E-state index contributed by atoms with van der Waals surface area (Å²) in [5, 5.41) is 4.01. The Kier molecular flexibility index (Phi) is 6.07. The lowest BCUT2D eigenvalue weighted by Crippen LogP contribution is -2.21. The van der Waals surface area contributed by atoms with E-state index >= 15 is 0 Å².